The normalized spacial score (nSPS) is 24.6. The lowest BCUT2D eigenvalue weighted by Crippen LogP contribution is -2.56. The molecule has 3 aliphatic heterocycles. The van der Waals surface area contributed by atoms with Gasteiger partial charge < -0.3 is 28.8 Å². The molecule has 2 atom stereocenters. The van der Waals surface area contributed by atoms with Crippen LogP contribution in [0.25, 0.3) is 10.3 Å². The van der Waals surface area contributed by atoms with Crippen LogP contribution in [0.3, 0.4) is 0 Å². The number of rotatable bonds is 7. The fourth-order valence-corrected chi connectivity index (χ4v) is 7.34. The predicted octanol–water partition coefficient (Wildman–Crippen LogP) is 6.27. The summed E-state index contributed by atoms with van der Waals surface area (Å²) < 4.78 is 35.5. The van der Waals surface area contributed by atoms with Crippen molar-refractivity contribution in [1.82, 2.24) is 14.5 Å². The molecule has 41 heavy (non-hydrogen) atoms. The topological polar surface area (TPSA) is 86.1 Å². The van der Waals surface area contributed by atoms with Crippen LogP contribution in [0, 0.1) is 5.82 Å². The second-order valence-corrected chi connectivity index (χ2v) is 12.7. The quantitative estimate of drug-likeness (QED) is 0.269. The zero-order valence-corrected chi connectivity index (χ0v) is 24.0. The van der Waals surface area contributed by atoms with Gasteiger partial charge in [-0.05, 0) is 62.2 Å². The Kier molecular flexibility index (Phi) is 6.50. The van der Waals surface area contributed by atoms with Gasteiger partial charge in [0.1, 0.15) is 21.1 Å². The number of hydrogen-bond acceptors (Lipinski definition) is 7. The van der Waals surface area contributed by atoms with Gasteiger partial charge in [0, 0.05) is 30.5 Å². The number of para-hydroxylation sites is 1. The van der Waals surface area contributed by atoms with Gasteiger partial charge in [0.05, 0.1) is 30.6 Å². The summed E-state index contributed by atoms with van der Waals surface area (Å²) in [7, 11) is 0. The van der Waals surface area contributed by atoms with Gasteiger partial charge in [0.2, 0.25) is 0 Å². The molecule has 0 bridgehead atoms. The maximum Gasteiger partial charge on any atom is 0.346 e. The first-order valence-electron chi connectivity index (χ1n) is 13.7. The molecular weight excluding hydrogens is 569 g/mol. The highest BCUT2D eigenvalue weighted by Crippen LogP contribution is 2.50. The van der Waals surface area contributed by atoms with Crippen molar-refractivity contribution in [1.29, 1.82) is 0 Å². The van der Waals surface area contributed by atoms with Crippen LogP contribution in [-0.4, -0.2) is 57.4 Å². The molecular formula is C30H29ClFN3O5S. The van der Waals surface area contributed by atoms with Crippen molar-refractivity contribution in [2.24, 2.45) is 0 Å². The number of aromatic carboxylic acids is 1. The van der Waals surface area contributed by atoms with Crippen LogP contribution in [0.1, 0.15) is 52.9 Å². The van der Waals surface area contributed by atoms with Crippen molar-refractivity contribution >= 4 is 39.3 Å². The lowest BCUT2D eigenvalue weighted by Gasteiger charge is -2.46. The number of thiophene rings is 1. The van der Waals surface area contributed by atoms with Gasteiger partial charge in [-0.15, -0.1) is 11.3 Å². The van der Waals surface area contributed by atoms with Crippen molar-refractivity contribution in [3.8, 4) is 11.5 Å². The summed E-state index contributed by atoms with van der Waals surface area (Å²) in [5.74, 6) is -1.08. The molecule has 5 heterocycles. The van der Waals surface area contributed by atoms with E-state index in [4.69, 9.17) is 25.8 Å². The Morgan fingerprint density at radius 1 is 1.20 bits per heavy atom. The molecule has 3 aliphatic rings. The minimum absolute atomic E-state index is 0.286. The molecule has 11 heteroatoms. The largest absolute Gasteiger partial charge is 0.477 e. The number of fused-ring (bicyclic) bond motifs is 2. The lowest BCUT2D eigenvalue weighted by atomic mass is 9.87. The summed E-state index contributed by atoms with van der Waals surface area (Å²) in [5.41, 5.74) is 1.91. The Bertz CT molecular complexity index is 1640. The Morgan fingerprint density at radius 3 is 2.71 bits per heavy atom. The molecule has 4 aromatic rings. The van der Waals surface area contributed by atoms with Gasteiger partial charge in [0.15, 0.2) is 11.5 Å². The van der Waals surface area contributed by atoms with Gasteiger partial charge in [-0.25, -0.2) is 14.2 Å². The van der Waals surface area contributed by atoms with Gasteiger partial charge in [0.25, 0.3) is 5.79 Å². The summed E-state index contributed by atoms with van der Waals surface area (Å²) in [6.45, 7) is 5.70. The fraction of sp³-hybridized carbons (Fsp3) is 0.400. The van der Waals surface area contributed by atoms with E-state index in [1.165, 1.54) is 17.4 Å². The van der Waals surface area contributed by atoms with E-state index in [0.29, 0.717) is 33.5 Å². The number of nitrogens with zero attached hydrogens (tertiary/aromatic N) is 3. The van der Waals surface area contributed by atoms with Crippen molar-refractivity contribution in [3.05, 3.63) is 75.6 Å². The van der Waals surface area contributed by atoms with E-state index in [9.17, 15) is 14.3 Å². The summed E-state index contributed by atoms with van der Waals surface area (Å²) >= 11 is 7.16. The van der Waals surface area contributed by atoms with E-state index in [2.05, 4.69) is 16.0 Å². The standard InChI is InChI=1S/C30H29ClFN3O5S/c1-29(21-6-5-19(31)13-22(21)32)39-24-4-2-3-20(26(24)40-29)18-7-10-34(11-8-18)15-30(9-12-38-30)16-35-17-33-27-23(35)14-25(41-27)28(36)37/h2-6,13-14,17-18H,7-12,15-16H2,1H3,(H,36,37)/t29?,30-/m1/s1. The van der Waals surface area contributed by atoms with E-state index in [1.807, 2.05) is 16.7 Å². The summed E-state index contributed by atoms with van der Waals surface area (Å²) in [4.78, 5) is 19.3. The average Bonchev–Trinajstić information content (AvgIpc) is 3.61. The number of imidazole rings is 1. The lowest BCUT2D eigenvalue weighted by molar-refractivity contribution is -0.168. The summed E-state index contributed by atoms with van der Waals surface area (Å²) in [6.07, 6.45) is 4.62. The van der Waals surface area contributed by atoms with Crippen molar-refractivity contribution < 1.29 is 28.5 Å². The van der Waals surface area contributed by atoms with Crippen LogP contribution in [0.5, 0.6) is 11.5 Å². The Hall–Kier alpha value is -3.18. The molecule has 8 nitrogen and oxygen atoms in total. The third-order valence-corrected chi connectivity index (χ3v) is 9.78. The molecule has 1 N–H and O–H groups in total. The van der Waals surface area contributed by atoms with Crippen LogP contribution >= 0.6 is 22.9 Å². The molecule has 0 radical (unpaired) electrons. The number of halogens is 2. The number of hydrogen-bond donors (Lipinski definition) is 1. The zero-order valence-electron chi connectivity index (χ0n) is 22.4. The van der Waals surface area contributed by atoms with E-state index in [-0.39, 0.29) is 11.5 Å². The second-order valence-electron chi connectivity index (χ2n) is 11.3. The molecule has 0 amide bonds. The molecule has 7 rings (SSSR count). The molecule has 2 fully saturated rings. The Morgan fingerprint density at radius 2 is 2.00 bits per heavy atom. The van der Waals surface area contributed by atoms with Crippen LogP contribution in [0.15, 0.2) is 48.8 Å². The monoisotopic (exact) mass is 597 g/mol. The number of piperidine rings is 1. The highest BCUT2D eigenvalue weighted by molar-refractivity contribution is 7.20. The van der Waals surface area contributed by atoms with Crippen LogP contribution in [-0.2, 0) is 17.1 Å². The number of likely N-dealkylation sites (tertiary alicyclic amines) is 1. The first kappa shape index (κ1) is 26.7. The first-order valence-corrected chi connectivity index (χ1v) is 14.9. The molecule has 0 spiro atoms. The number of aromatic nitrogens is 2. The predicted molar refractivity (Wildman–Crippen MR) is 153 cm³/mol. The molecule has 2 aromatic heterocycles. The molecule has 0 saturated carbocycles. The molecule has 1 unspecified atom stereocenters. The first-order chi connectivity index (χ1) is 19.7. The third kappa shape index (κ3) is 4.76. The Balaban J connectivity index is 1.03. The van der Waals surface area contributed by atoms with Crippen molar-refractivity contribution in [2.45, 2.75) is 50.0 Å². The van der Waals surface area contributed by atoms with Crippen LogP contribution in [0.4, 0.5) is 4.39 Å². The summed E-state index contributed by atoms with van der Waals surface area (Å²) in [5, 5.41) is 9.69. The highest BCUT2D eigenvalue weighted by Gasteiger charge is 2.44. The van der Waals surface area contributed by atoms with E-state index in [1.54, 1.807) is 31.5 Å². The van der Waals surface area contributed by atoms with Gasteiger partial charge >= 0.3 is 5.97 Å². The average molecular weight is 598 g/mol. The minimum Gasteiger partial charge on any atom is -0.477 e. The molecule has 214 valence electrons. The van der Waals surface area contributed by atoms with E-state index < -0.39 is 17.6 Å². The number of carbonyl (C=O) groups is 1. The third-order valence-electron chi connectivity index (χ3n) is 8.52. The molecule has 0 aliphatic carbocycles. The fourth-order valence-electron chi connectivity index (χ4n) is 6.33. The van der Waals surface area contributed by atoms with Crippen LogP contribution in [0.2, 0.25) is 5.02 Å². The van der Waals surface area contributed by atoms with Gasteiger partial charge in [-0.2, -0.15) is 0 Å². The number of carboxylic acid groups (broad SMARTS) is 1. The van der Waals surface area contributed by atoms with Crippen molar-refractivity contribution in [2.75, 3.05) is 26.2 Å². The maximum absolute atomic E-state index is 14.8. The molecule has 2 saturated heterocycles. The smallest absolute Gasteiger partial charge is 0.346 e. The number of carboxylic acids is 1. The number of ether oxygens (including phenoxy) is 3. The van der Waals surface area contributed by atoms with Crippen LogP contribution < -0.4 is 9.47 Å². The SMILES string of the molecule is CC1(c2ccc(Cl)cc2F)Oc2cccc(C3CCN(C[C@@]4(Cn5cnc6sc(C(=O)O)cc65)CCO4)CC3)c2O1. The highest BCUT2D eigenvalue weighted by atomic mass is 35.5. The van der Waals surface area contributed by atoms with E-state index >= 15 is 0 Å². The summed E-state index contributed by atoms with van der Waals surface area (Å²) in [6, 6.07) is 12.1. The Labute approximate surface area is 245 Å². The minimum atomic E-state index is -1.27. The number of benzene rings is 2. The van der Waals surface area contributed by atoms with E-state index in [0.717, 1.165) is 61.4 Å². The van der Waals surface area contributed by atoms with Gasteiger partial charge in [-0.3, -0.25) is 0 Å². The second kappa shape index (κ2) is 9.97. The zero-order chi connectivity index (χ0) is 28.4. The van der Waals surface area contributed by atoms with Crippen molar-refractivity contribution in [3.63, 3.8) is 0 Å². The van der Waals surface area contributed by atoms with Gasteiger partial charge in [-0.1, -0.05) is 23.7 Å². The maximum atomic E-state index is 14.8. The molecule has 2 aromatic carbocycles.